The predicted molar refractivity (Wildman–Crippen MR) is 36.8 cm³/mol. The van der Waals surface area contributed by atoms with Gasteiger partial charge >= 0.3 is 5.97 Å². The summed E-state index contributed by atoms with van der Waals surface area (Å²) in [5.74, 6) is -1.97. The molecule has 4 nitrogen and oxygen atoms in total. The fraction of sp³-hybridized carbons (Fsp3) is 0.286. The highest BCUT2D eigenvalue weighted by molar-refractivity contribution is 6.41. The minimum absolute atomic E-state index is 0.606. The first-order chi connectivity index (χ1) is 5.07. The molecule has 0 N–H and O–H groups in total. The van der Waals surface area contributed by atoms with Crippen LogP contribution in [0.5, 0.6) is 0 Å². The van der Waals surface area contributed by atoms with Crippen molar-refractivity contribution in [1.29, 1.82) is 0 Å². The van der Waals surface area contributed by atoms with Crippen LogP contribution in [0.3, 0.4) is 0 Å². The normalized spacial score (nSPS) is 9.64. The first-order valence-corrected chi connectivity index (χ1v) is 2.89. The van der Waals surface area contributed by atoms with Crippen LogP contribution < -0.4 is 0 Å². The molecule has 11 heavy (non-hydrogen) atoms. The predicted octanol–water partition coefficient (Wildman–Crippen LogP) is -0.126. The van der Waals surface area contributed by atoms with Crippen LogP contribution in [0.1, 0.15) is 6.92 Å². The zero-order valence-electron chi connectivity index (χ0n) is 6.29. The molecule has 0 radical (unpaired) electrons. The molecule has 0 aromatic carbocycles. The van der Waals surface area contributed by atoms with Crippen molar-refractivity contribution in [3.8, 4) is 0 Å². The summed E-state index contributed by atoms with van der Waals surface area (Å²) in [6, 6.07) is 0. The van der Waals surface area contributed by atoms with Gasteiger partial charge in [0.25, 0.3) is 0 Å². The molecule has 0 atom stereocenters. The second-order valence-corrected chi connectivity index (χ2v) is 1.78. The van der Waals surface area contributed by atoms with Crippen LogP contribution in [0.2, 0.25) is 0 Å². The smallest absolute Gasteiger partial charge is 0.330 e. The number of rotatable bonds is 3. The number of hydrogen-bond acceptors (Lipinski definition) is 4. The number of hydrogen-bond donors (Lipinski definition) is 0. The van der Waals surface area contributed by atoms with Crippen LogP contribution in [0, 0.1) is 0 Å². The van der Waals surface area contributed by atoms with Gasteiger partial charge in [-0.25, -0.2) is 4.79 Å². The fourth-order valence-corrected chi connectivity index (χ4v) is 0.329. The van der Waals surface area contributed by atoms with E-state index >= 15 is 0 Å². The van der Waals surface area contributed by atoms with Crippen LogP contribution in [0.15, 0.2) is 12.2 Å². The topological polar surface area (TPSA) is 60.4 Å². The Labute approximate surface area is 63.8 Å². The van der Waals surface area contributed by atoms with E-state index < -0.39 is 17.5 Å². The minimum Gasteiger partial charge on any atom is -0.466 e. The van der Waals surface area contributed by atoms with E-state index in [4.69, 9.17) is 0 Å². The number of carbonyl (C=O) groups is 3. The van der Waals surface area contributed by atoms with E-state index in [1.165, 1.54) is 7.11 Å². The number of allylic oxidation sites excluding steroid dienone is 1. The van der Waals surface area contributed by atoms with Gasteiger partial charge in [-0.15, -0.1) is 0 Å². The zero-order valence-corrected chi connectivity index (χ0v) is 6.29. The first-order valence-electron chi connectivity index (χ1n) is 2.89. The molecule has 0 aliphatic heterocycles. The van der Waals surface area contributed by atoms with Crippen molar-refractivity contribution in [3.63, 3.8) is 0 Å². The Morgan fingerprint density at radius 2 is 1.73 bits per heavy atom. The third-order valence-corrected chi connectivity index (χ3v) is 0.919. The van der Waals surface area contributed by atoms with Gasteiger partial charge in [-0.1, -0.05) is 0 Å². The molecule has 0 spiro atoms. The van der Waals surface area contributed by atoms with Gasteiger partial charge in [-0.3, -0.25) is 9.59 Å². The summed E-state index contributed by atoms with van der Waals surface area (Å²) in [7, 11) is 1.19. The molecule has 0 aromatic rings. The lowest BCUT2D eigenvalue weighted by atomic mass is 10.3. The van der Waals surface area contributed by atoms with Crippen molar-refractivity contribution in [1.82, 2.24) is 0 Å². The molecule has 0 rings (SSSR count). The molecule has 60 valence electrons. The molecule has 0 amide bonds. The van der Waals surface area contributed by atoms with Crippen molar-refractivity contribution < 1.29 is 19.1 Å². The van der Waals surface area contributed by atoms with E-state index in [0.29, 0.717) is 0 Å². The number of ether oxygens (including phenoxy) is 1. The molecule has 0 aliphatic rings. The maximum atomic E-state index is 10.5. The van der Waals surface area contributed by atoms with E-state index in [-0.39, 0.29) is 0 Å². The van der Waals surface area contributed by atoms with E-state index in [2.05, 4.69) is 4.74 Å². The van der Waals surface area contributed by atoms with Crippen molar-refractivity contribution >= 4 is 17.5 Å². The number of esters is 1. The van der Waals surface area contributed by atoms with Gasteiger partial charge in [0.15, 0.2) is 5.78 Å². The Kier molecular flexibility index (Phi) is 3.80. The Bertz CT molecular complexity index is 214. The Morgan fingerprint density at radius 1 is 1.18 bits per heavy atom. The van der Waals surface area contributed by atoms with Crippen molar-refractivity contribution in [2.24, 2.45) is 0 Å². The Balaban J connectivity index is 4.04. The molecule has 0 aliphatic carbocycles. The maximum absolute atomic E-state index is 10.5. The molecule has 0 bridgehead atoms. The minimum atomic E-state index is -0.713. The molecule has 0 saturated carbocycles. The third kappa shape index (κ3) is 4.02. The van der Waals surface area contributed by atoms with Crippen LogP contribution in [0.4, 0.5) is 0 Å². The molecule has 4 heteroatoms. The van der Waals surface area contributed by atoms with E-state index in [1.807, 2.05) is 0 Å². The summed E-state index contributed by atoms with van der Waals surface area (Å²) in [4.78, 5) is 31.2. The quantitative estimate of drug-likeness (QED) is 0.324. The van der Waals surface area contributed by atoms with Gasteiger partial charge in [0, 0.05) is 13.0 Å². The second-order valence-electron chi connectivity index (χ2n) is 1.78. The van der Waals surface area contributed by atoms with Crippen LogP contribution >= 0.6 is 0 Å². The lowest BCUT2D eigenvalue weighted by molar-refractivity contribution is -0.135. The van der Waals surface area contributed by atoms with E-state index in [9.17, 15) is 14.4 Å². The van der Waals surface area contributed by atoms with Gasteiger partial charge < -0.3 is 4.74 Å². The van der Waals surface area contributed by atoms with Gasteiger partial charge in [-0.2, -0.15) is 0 Å². The van der Waals surface area contributed by atoms with E-state index in [0.717, 1.165) is 19.1 Å². The molecular formula is C7H8O4. The largest absolute Gasteiger partial charge is 0.466 e. The van der Waals surface area contributed by atoms with Gasteiger partial charge in [0.1, 0.15) is 0 Å². The molecule has 0 fully saturated rings. The van der Waals surface area contributed by atoms with Crippen molar-refractivity contribution in [2.75, 3.05) is 7.11 Å². The summed E-state index contributed by atoms with van der Waals surface area (Å²) in [5.41, 5.74) is 0. The highest BCUT2D eigenvalue weighted by atomic mass is 16.5. The molecular weight excluding hydrogens is 148 g/mol. The molecule has 0 unspecified atom stereocenters. The lowest BCUT2D eigenvalue weighted by Gasteiger charge is -1.87. The average molecular weight is 156 g/mol. The highest BCUT2D eigenvalue weighted by Crippen LogP contribution is 1.81. The first kappa shape index (κ1) is 9.55. The molecule has 0 saturated heterocycles. The number of Topliss-reactive ketones (excluding diaryl/α,β-unsaturated/α-hetero) is 1. The zero-order chi connectivity index (χ0) is 8.85. The average Bonchev–Trinajstić information content (AvgIpc) is 1.99. The highest BCUT2D eigenvalue weighted by Gasteiger charge is 2.02. The fourth-order valence-electron chi connectivity index (χ4n) is 0.329. The van der Waals surface area contributed by atoms with Crippen LogP contribution in [-0.4, -0.2) is 24.6 Å². The summed E-state index contributed by atoms with van der Waals surface area (Å²) in [6.45, 7) is 1.13. The monoisotopic (exact) mass is 156 g/mol. The van der Waals surface area contributed by atoms with Crippen LogP contribution in [0.25, 0.3) is 0 Å². The van der Waals surface area contributed by atoms with E-state index in [1.54, 1.807) is 0 Å². The van der Waals surface area contributed by atoms with Gasteiger partial charge in [-0.05, 0) is 6.08 Å². The summed E-state index contributed by atoms with van der Waals surface area (Å²) in [6.07, 6.45) is 1.79. The van der Waals surface area contributed by atoms with Crippen LogP contribution in [-0.2, 0) is 19.1 Å². The second kappa shape index (κ2) is 4.38. The Morgan fingerprint density at radius 3 is 2.09 bits per heavy atom. The number of methoxy groups -OCH3 is 1. The number of ketones is 2. The van der Waals surface area contributed by atoms with Gasteiger partial charge in [0.05, 0.1) is 7.11 Å². The summed E-state index contributed by atoms with van der Waals surface area (Å²) >= 11 is 0. The maximum Gasteiger partial charge on any atom is 0.330 e. The SMILES string of the molecule is COC(=O)/C=C/C(=O)C(C)=O. The number of carbonyl (C=O) groups excluding carboxylic acids is 3. The van der Waals surface area contributed by atoms with Crippen molar-refractivity contribution in [3.05, 3.63) is 12.2 Å². The standard InChI is InChI=1S/C7H8O4/c1-5(8)6(9)3-4-7(10)11-2/h3-4H,1-2H3/b4-3+. The molecule has 0 aromatic heterocycles. The Hall–Kier alpha value is -1.45. The van der Waals surface area contributed by atoms with Gasteiger partial charge in [0.2, 0.25) is 5.78 Å². The molecule has 0 heterocycles. The lowest BCUT2D eigenvalue weighted by Crippen LogP contribution is -2.06. The third-order valence-electron chi connectivity index (χ3n) is 0.919. The van der Waals surface area contributed by atoms with Crippen molar-refractivity contribution in [2.45, 2.75) is 6.92 Å². The summed E-state index contributed by atoms with van der Waals surface area (Å²) in [5, 5.41) is 0. The summed E-state index contributed by atoms with van der Waals surface area (Å²) < 4.78 is 4.19.